The molecule has 2 amide bonds. The average molecular weight is 535 g/mol. The van der Waals surface area contributed by atoms with E-state index >= 15 is 0 Å². The molecule has 208 valence electrons. The fourth-order valence-corrected chi connectivity index (χ4v) is 4.66. The number of oxazole rings is 1. The highest BCUT2D eigenvalue weighted by Gasteiger charge is 2.39. The van der Waals surface area contributed by atoms with Gasteiger partial charge in [0.05, 0.1) is 13.7 Å². The van der Waals surface area contributed by atoms with E-state index in [9.17, 15) is 9.59 Å². The first kappa shape index (κ1) is 28.4. The molecule has 0 spiro atoms. The third kappa shape index (κ3) is 6.68. The number of nitrogens with one attached hydrogen (secondary N) is 1. The van der Waals surface area contributed by atoms with Crippen LogP contribution in [0.5, 0.6) is 5.75 Å². The second-order valence-electron chi connectivity index (χ2n) is 11.2. The summed E-state index contributed by atoms with van der Waals surface area (Å²) >= 11 is 0. The maximum absolute atomic E-state index is 13.6. The topological polar surface area (TPSA) is 90.7 Å². The minimum Gasteiger partial charge on any atom is -0.476 e. The number of esters is 1. The van der Waals surface area contributed by atoms with Crippen LogP contribution in [0.3, 0.4) is 0 Å². The van der Waals surface area contributed by atoms with Crippen LogP contribution < -0.4 is 10.1 Å². The van der Waals surface area contributed by atoms with Crippen LogP contribution in [0.2, 0.25) is 0 Å². The first-order chi connectivity index (χ1) is 18.4. The van der Waals surface area contributed by atoms with Crippen molar-refractivity contribution in [2.24, 2.45) is 0 Å². The Labute approximate surface area is 230 Å². The molecule has 3 aromatic rings. The number of nitrogens with zero attached hydrogens (tertiary/aromatic N) is 2. The van der Waals surface area contributed by atoms with Crippen LogP contribution >= 0.6 is 0 Å². The molecule has 1 atom stereocenters. The molecule has 4 rings (SSSR count). The lowest BCUT2D eigenvalue weighted by Gasteiger charge is -2.32. The van der Waals surface area contributed by atoms with Crippen molar-refractivity contribution >= 4 is 12.0 Å². The fraction of sp³-hybridized carbons (Fsp3) is 0.452. The molecule has 1 unspecified atom stereocenters. The Morgan fingerprint density at radius 1 is 1.08 bits per heavy atom. The van der Waals surface area contributed by atoms with E-state index in [0.717, 1.165) is 40.8 Å². The molecule has 1 aliphatic rings. The molecule has 0 radical (unpaired) electrons. The van der Waals surface area contributed by atoms with Crippen molar-refractivity contribution < 1.29 is 28.0 Å². The van der Waals surface area contributed by atoms with Gasteiger partial charge in [0.2, 0.25) is 5.89 Å². The van der Waals surface area contributed by atoms with Gasteiger partial charge in [-0.05, 0) is 89.8 Å². The Balaban J connectivity index is 1.61. The van der Waals surface area contributed by atoms with Crippen LogP contribution in [-0.2, 0) is 22.6 Å². The Hall–Kier alpha value is -3.65. The predicted molar refractivity (Wildman–Crippen MR) is 149 cm³/mol. The highest BCUT2D eigenvalue weighted by molar-refractivity contribution is 5.79. The van der Waals surface area contributed by atoms with Gasteiger partial charge in [-0.2, -0.15) is 0 Å². The maximum atomic E-state index is 13.6. The van der Waals surface area contributed by atoms with Gasteiger partial charge in [0, 0.05) is 17.2 Å². The van der Waals surface area contributed by atoms with E-state index in [-0.39, 0.29) is 16.6 Å². The van der Waals surface area contributed by atoms with Crippen LogP contribution in [-0.4, -0.2) is 46.8 Å². The number of benzene rings is 2. The SMILES string of the molecule is CCOC(=O)C(C)(C)Oc1c(C)cc(C[N+](C)(Cc2nc(-c3ccccc3)oc2C)C(=O)NC2CC2)cc1C. The number of carbonyl (C=O) groups is 2. The van der Waals surface area contributed by atoms with Gasteiger partial charge in [-0.25, -0.2) is 19.1 Å². The summed E-state index contributed by atoms with van der Waals surface area (Å²) in [5.41, 5.74) is 3.30. The second kappa shape index (κ2) is 11.2. The minimum atomic E-state index is -1.12. The lowest BCUT2D eigenvalue weighted by molar-refractivity contribution is -0.858. The molecule has 1 aromatic heterocycles. The molecule has 0 aliphatic heterocycles. The van der Waals surface area contributed by atoms with E-state index in [1.807, 2.05) is 70.3 Å². The van der Waals surface area contributed by atoms with Crippen molar-refractivity contribution in [1.29, 1.82) is 0 Å². The van der Waals surface area contributed by atoms with Crippen molar-refractivity contribution in [3.8, 4) is 17.2 Å². The van der Waals surface area contributed by atoms with Crippen molar-refractivity contribution in [3.63, 3.8) is 0 Å². The smallest absolute Gasteiger partial charge is 0.417 e. The standard InChI is InChI=1S/C31H39N3O5/c1-8-37-29(35)31(5,6)39-27-20(2)16-23(17-21(27)3)18-34(7,30(36)32-25-14-15-25)19-26-22(4)38-28(33-26)24-12-10-9-11-13-24/h9-13,16-17,25H,8,14-15,18-19H2,1-7H3/p+1. The van der Waals surface area contributed by atoms with Gasteiger partial charge < -0.3 is 19.2 Å². The maximum Gasteiger partial charge on any atom is 0.417 e. The van der Waals surface area contributed by atoms with Crippen molar-refractivity contribution in [3.05, 3.63) is 70.6 Å². The Morgan fingerprint density at radius 2 is 1.72 bits per heavy atom. The highest BCUT2D eigenvalue weighted by atomic mass is 16.6. The number of rotatable bonds is 10. The first-order valence-electron chi connectivity index (χ1n) is 13.6. The van der Waals surface area contributed by atoms with Gasteiger partial charge in [0.25, 0.3) is 0 Å². The summed E-state index contributed by atoms with van der Waals surface area (Å²) in [6, 6.07) is 14.0. The molecule has 2 aromatic carbocycles. The average Bonchev–Trinajstić information content (AvgIpc) is 3.62. The van der Waals surface area contributed by atoms with Crippen LogP contribution in [0.1, 0.15) is 61.8 Å². The summed E-state index contributed by atoms with van der Waals surface area (Å²) in [5.74, 6) is 1.49. The Morgan fingerprint density at radius 3 is 2.31 bits per heavy atom. The van der Waals surface area contributed by atoms with E-state index in [1.54, 1.807) is 20.8 Å². The van der Waals surface area contributed by atoms with Gasteiger partial charge in [0.1, 0.15) is 30.3 Å². The summed E-state index contributed by atoms with van der Waals surface area (Å²) in [7, 11) is 1.94. The molecule has 8 nitrogen and oxygen atoms in total. The normalized spacial score (nSPS) is 14.9. The third-order valence-corrected chi connectivity index (χ3v) is 6.98. The lowest BCUT2D eigenvalue weighted by atomic mass is 10.0. The van der Waals surface area contributed by atoms with Gasteiger partial charge in [-0.3, -0.25) is 0 Å². The van der Waals surface area contributed by atoms with Gasteiger partial charge >= 0.3 is 12.0 Å². The molecule has 1 heterocycles. The van der Waals surface area contributed by atoms with Gasteiger partial charge in [0.15, 0.2) is 5.60 Å². The molecule has 1 N–H and O–H groups in total. The molecule has 0 bridgehead atoms. The molecular formula is C31H40N3O5+. The second-order valence-corrected chi connectivity index (χ2v) is 11.2. The predicted octanol–water partition coefficient (Wildman–Crippen LogP) is 6.01. The number of aryl methyl sites for hydroxylation is 3. The van der Waals surface area contributed by atoms with Crippen LogP contribution in [0.15, 0.2) is 46.9 Å². The Bertz CT molecular complexity index is 1320. The largest absolute Gasteiger partial charge is 0.476 e. The molecular weight excluding hydrogens is 494 g/mol. The van der Waals surface area contributed by atoms with Crippen LogP contribution in [0, 0.1) is 20.8 Å². The summed E-state index contributed by atoms with van der Waals surface area (Å²) < 4.78 is 17.4. The zero-order chi connectivity index (χ0) is 28.4. The van der Waals surface area contributed by atoms with Crippen molar-refractivity contribution in [2.45, 2.75) is 79.1 Å². The summed E-state index contributed by atoms with van der Waals surface area (Å²) in [5, 5.41) is 3.19. The number of urea groups is 1. The number of aromatic nitrogens is 1. The third-order valence-electron chi connectivity index (χ3n) is 6.98. The summed E-state index contributed by atoms with van der Waals surface area (Å²) in [6.07, 6.45) is 2.01. The van der Waals surface area contributed by atoms with E-state index in [0.29, 0.717) is 37.1 Å². The van der Waals surface area contributed by atoms with E-state index < -0.39 is 11.6 Å². The first-order valence-corrected chi connectivity index (χ1v) is 13.6. The summed E-state index contributed by atoms with van der Waals surface area (Å²) in [6.45, 7) is 12.1. The molecule has 8 heteroatoms. The van der Waals surface area contributed by atoms with Crippen molar-refractivity contribution in [2.75, 3.05) is 13.7 Å². The van der Waals surface area contributed by atoms with Gasteiger partial charge in [-0.1, -0.05) is 18.2 Å². The van der Waals surface area contributed by atoms with E-state index in [1.165, 1.54) is 0 Å². The molecule has 0 saturated heterocycles. The zero-order valence-corrected chi connectivity index (χ0v) is 24.1. The van der Waals surface area contributed by atoms with Crippen LogP contribution in [0.25, 0.3) is 11.5 Å². The van der Waals surface area contributed by atoms with Crippen LogP contribution in [0.4, 0.5) is 4.79 Å². The zero-order valence-electron chi connectivity index (χ0n) is 24.1. The number of quaternary nitrogens is 1. The number of hydrogen-bond acceptors (Lipinski definition) is 6. The molecule has 1 saturated carbocycles. The highest BCUT2D eigenvalue weighted by Crippen LogP contribution is 2.32. The van der Waals surface area contributed by atoms with E-state index in [2.05, 4.69) is 5.32 Å². The quantitative estimate of drug-likeness (QED) is 0.253. The molecule has 39 heavy (non-hydrogen) atoms. The summed E-state index contributed by atoms with van der Waals surface area (Å²) in [4.78, 5) is 30.8. The number of carbonyl (C=O) groups excluding carboxylic acids is 2. The molecule has 1 aliphatic carbocycles. The monoisotopic (exact) mass is 534 g/mol. The number of amides is 2. The number of ether oxygens (including phenoxy) is 2. The van der Waals surface area contributed by atoms with E-state index in [4.69, 9.17) is 18.9 Å². The molecule has 1 fully saturated rings. The lowest BCUT2D eigenvalue weighted by Crippen LogP contribution is -2.53. The van der Waals surface area contributed by atoms with Gasteiger partial charge in [-0.15, -0.1) is 0 Å². The number of hydrogen-bond donors (Lipinski definition) is 1. The minimum absolute atomic E-state index is 0.0414. The fourth-order valence-electron chi connectivity index (χ4n) is 4.66. The van der Waals surface area contributed by atoms with Crippen molar-refractivity contribution in [1.82, 2.24) is 10.3 Å². The Kier molecular flexibility index (Phi) is 8.16.